The Balaban J connectivity index is 1.72. The molecule has 0 radical (unpaired) electrons. The molecule has 0 bridgehead atoms. The van der Waals surface area contributed by atoms with E-state index in [1.54, 1.807) is 0 Å². The van der Waals surface area contributed by atoms with E-state index in [9.17, 15) is 9.90 Å². The minimum atomic E-state index is -0.725. The minimum Gasteiger partial charge on any atom is -0.481 e. The molecule has 132 valence electrons. The lowest BCUT2D eigenvalue weighted by molar-refractivity contribution is -0.139. The zero-order chi connectivity index (χ0) is 17.6. The van der Waals surface area contributed by atoms with Crippen molar-refractivity contribution in [2.24, 2.45) is 0 Å². The molecule has 0 spiro atoms. The molecule has 2 aromatic carbocycles. The van der Waals surface area contributed by atoms with Crippen molar-refractivity contribution < 1.29 is 9.90 Å². The van der Waals surface area contributed by atoms with Gasteiger partial charge in [-0.1, -0.05) is 60.7 Å². The van der Waals surface area contributed by atoms with Gasteiger partial charge in [-0.05, 0) is 18.1 Å². The van der Waals surface area contributed by atoms with Crippen LogP contribution in [0.2, 0.25) is 0 Å². The molecule has 4 nitrogen and oxygen atoms in total. The summed E-state index contributed by atoms with van der Waals surface area (Å²) >= 11 is 0. The van der Waals surface area contributed by atoms with Crippen LogP contribution in [0.25, 0.3) is 0 Å². The fourth-order valence-corrected chi connectivity index (χ4v) is 3.75. The van der Waals surface area contributed by atoms with Crippen molar-refractivity contribution >= 4 is 5.97 Å². The van der Waals surface area contributed by atoms with Gasteiger partial charge in [-0.25, -0.2) is 0 Å². The molecule has 3 rings (SSSR count). The molecule has 4 heteroatoms. The Labute approximate surface area is 149 Å². The molecule has 0 aromatic heterocycles. The van der Waals surface area contributed by atoms with E-state index in [1.807, 2.05) is 24.3 Å². The molecule has 1 fully saturated rings. The highest BCUT2D eigenvalue weighted by atomic mass is 16.4. The summed E-state index contributed by atoms with van der Waals surface area (Å²) in [5.41, 5.74) is 2.52. The van der Waals surface area contributed by atoms with Crippen molar-refractivity contribution in [2.45, 2.75) is 38.5 Å². The molecule has 0 aliphatic carbocycles. The summed E-state index contributed by atoms with van der Waals surface area (Å²) in [6.45, 7) is 5.63. The number of carbonyl (C=O) groups is 1. The largest absolute Gasteiger partial charge is 0.481 e. The Kier molecular flexibility index (Phi) is 5.84. The van der Waals surface area contributed by atoms with E-state index in [1.165, 1.54) is 11.1 Å². The van der Waals surface area contributed by atoms with Gasteiger partial charge in [-0.15, -0.1) is 0 Å². The molecule has 2 atom stereocenters. The summed E-state index contributed by atoms with van der Waals surface area (Å²) in [6.07, 6.45) is 0.183. The van der Waals surface area contributed by atoms with Gasteiger partial charge in [0.25, 0.3) is 0 Å². The Morgan fingerprint density at radius 3 is 2.08 bits per heavy atom. The molecule has 1 saturated heterocycles. The summed E-state index contributed by atoms with van der Waals surface area (Å²) in [5.74, 6) is -0.725. The number of benzene rings is 2. The smallest absolute Gasteiger partial charge is 0.304 e. The number of aliphatic carboxylic acids is 1. The van der Waals surface area contributed by atoms with Gasteiger partial charge in [0.1, 0.15) is 0 Å². The summed E-state index contributed by atoms with van der Waals surface area (Å²) < 4.78 is 0. The van der Waals surface area contributed by atoms with Gasteiger partial charge in [-0.2, -0.15) is 0 Å². The Morgan fingerprint density at radius 2 is 1.52 bits per heavy atom. The third kappa shape index (κ3) is 4.91. The van der Waals surface area contributed by atoms with Gasteiger partial charge in [0.2, 0.25) is 0 Å². The Hall–Kier alpha value is -2.17. The monoisotopic (exact) mass is 338 g/mol. The zero-order valence-electron chi connectivity index (χ0n) is 14.7. The maximum absolute atomic E-state index is 11.4. The fourth-order valence-electron chi connectivity index (χ4n) is 3.75. The average Bonchev–Trinajstić information content (AvgIpc) is 2.59. The standard InChI is InChI=1S/C21H26N2O2/c1-17-13-22(14-18-8-4-2-5-9-18)16-20(12-21(24)25)23(17)15-19-10-6-3-7-11-19/h2-11,17,20H,12-16H2,1H3,(H,24,25)/t17-,20+/m1/s1. The number of rotatable bonds is 6. The van der Waals surface area contributed by atoms with Gasteiger partial charge in [0.15, 0.2) is 0 Å². The highest BCUT2D eigenvalue weighted by Crippen LogP contribution is 2.22. The second kappa shape index (κ2) is 8.28. The maximum Gasteiger partial charge on any atom is 0.304 e. The van der Waals surface area contributed by atoms with Crippen molar-refractivity contribution in [3.05, 3.63) is 71.8 Å². The summed E-state index contributed by atoms with van der Waals surface area (Å²) in [4.78, 5) is 16.1. The summed E-state index contributed by atoms with van der Waals surface area (Å²) in [6, 6.07) is 21.1. The van der Waals surface area contributed by atoms with Gasteiger partial charge < -0.3 is 5.11 Å². The van der Waals surface area contributed by atoms with Crippen molar-refractivity contribution in [1.29, 1.82) is 0 Å². The van der Waals surface area contributed by atoms with Gasteiger partial charge in [0.05, 0.1) is 6.42 Å². The van der Waals surface area contributed by atoms with Gasteiger partial charge in [0, 0.05) is 38.3 Å². The van der Waals surface area contributed by atoms with Crippen LogP contribution in [0.1, 0.15) is 24.5 Å². The number of hydrogen-bond donors (Lipinski definition) is 1. The third-order valence-electron chi connectivity index (χ3n) is 4.89. The molecule has 0 amide bonds. The second-order valence-corrected chi connectivity index (χ2v) is 6.94. The normalized spacial score (nSPS) is 22.0. The minimum absolute atomic E-state index is 0.0326. The topological polar surface area (TPSA) is 43.8 Å². The molecular weight excluding hydrogens is 312 g/mol. The highest BCUT2D eigenvalue weighted by molar-refractivity contribution is 5.67. The van der Waals surface area contributed by atoms with Crippen LogP contribution in [0.3, 0.4) is 0 Å². The van der Waals surface area contributed by atoms with Crippen LogP contribution in [0.15, 0.2) is 60.7 Å². The predicted octanol–water partition coefficient (Wildman–Crippen LogP) is 3.24. The van der Waals surface area contributed by atoms with Crippen molar-refractivity contribution in [3.8, 4) is 0 Å². The van der Waals surface area contributed by atoms with Crippen molar-refractivity contribution in [2.75, 3.05) is 13.1 Å². The van der Waals surface area contributed by atoms with Crippen LogP contribution >= 0.6 is 0 Å². The molecule has 0 saturated carbocycles. The average molecular weight is 338 g/mol. The lowest BCUT2D eigenvalue weighted by atomic mass is 10.0. The van der Waals surface area contributed by atoms with E-state index < -0.39 is 5.97 Å². The number of piperazine rings is 1. The van der Waals surface area contributed by atoms with E-state index in [0.29, 0.717) is 6.04 Å². The van der Waals surface area contributed by atoms with Crippen molar-refractivity contribution in [1.82, 2.24) is 9.80 Å². The van der Waals surface area contributed by atoms with E-state index in [0.717, 1.165) is 26.2 Å². The van der Waals surface area contributed by atoms with Crippen LogP contribution in [0.5, 0.6) is 0 Å². The van der Waals surface area contributed by atoms with Gasteiger partial charge >= 0.3 is 5.97 Å². The van der Waals surface area contributed by atoms with Crippen LogP contribution in [-0.2, 0) is 17.9 Å². The van der Waals surface area contributed by atoms with Crippen LogP contribution in [-0.4, -0.2) is 46.0 Å². The first kappa shape index (κ1) is 17.6. The molecule has 25 heavy (non-hydrogen) atoms. The number of hydrogen-bond acceptors (Lipinski definition) is 3. The second-order valence-electron chi connectivity index (χ2n) is 6.94. The first-order chi connectivity index (χ1) is 12.1. The third-order valence-corrected chi connectivity index (χ3v) is 4.89. The number of nitrogens with zero attached hydrogens (tertiary/aromatic N) is 2. The Bertz CT molecular complexity index is 675. The predicted molar refractivity (Wildman–Crippen MR) is 99.2 cm³/mol. The molecule has 2 aromatic rings. The van der Waals surface area contributed by atoms with E-state index >= 15 is 0 Å². The fraction of sp³-hybridized carbons (Fsp3) is 0.381. The highest BCUT2D eigenvalue weighted by Gasteiger charge is 2.33. The number of carboxylic acids is 1. The van der Waals surface area contributed by atoms with E-state index in [4.69, 9.17) is 0 Å². The summed E-state index contributed by atoms with van der Waals surface area (Å²) in [5, 5.41) is 9.37. The lowest BCUT2D eigenvalue weighted by Gasteiger charge is -2.45. The summed E-state index contributed by atoms with van der Waals surface area (Å²) in [7, 11) is 0. The van der Waals surface area contributed by atoms with Crippen LogP contribution in [0, 0.1) is 0 Å². The molecule has 1 aliphatic rings. The molecule has 1 aliphatic heterocycles. The Morgan fingerprint density at radius 1 is 0.960 bits per heavy atom. The first-order valence-electron chi connectivity index (χ1n) is 8.89. The lowest BCUT2D eigenvalue weighted by Crippen LogP contribution is -2.57. The first-order valence-corrected chi connectivity index (χ1v) is 8.89. The molecule has 0 unspecified atom stereocenters. The van der Waals surface area contributed by atoms with E-state index in [-0.39, 0.29) is 12.5 Å². The molecular formula is C21H26N2O2. The maximum atomic E-state index is 11.4. The number of carboxylic acid groups (broad SMARTS) is 1. The van der Waals surface area contributed by atoms with Crippen molar-refractivity contribution in [3.63, 3.8) is 0 Å². The van der Waals surface area contributed by atoms with Gasteiger partial charge in [-0.3, -0.25) is 14.6 Å². The van der Waals surface area contributed by atoms with Crippen LogP contribution < -0.4 is 0 Å². The molecule has 1 N–H and O–H groups in total. The van der Waals surface area contributed by atoms with Crippen LogP contribution in [0.4, 0.5) is 0 Å². The molecule has 1 heterocycles. The quantitative estimate of drug-likeness (QED) is 0.878. The van der Waals surface area contributed by atoms with E-state index in [2.05, 4.69) is 53.1 Å². The SMILES string of the molecule is C[C@@H]1CN(Cc2ccccc2)C[C@H](CC(=O)O)N1Cc1ccccc1. The zero-order valence-corrected chi connectivity index (χ0v) is 14.7.